The number of aryl methyl sites for hydroxylation is 2. The molecule has 0 unspecified atom stereocenters. The number of nitrogens with one attached hydrogen (secondary N) is 1. The van der Waals surface area contributed by atoms with Crippen molar-refractivity contribution in [3.05, 3.63) is 58.8 Å². The Morgan fingerprint density at radius 2 is 1.97 bits per heavy atom. The number of carbonyl (C=O) groups excluding carboxylic acids is 1. The fraction of sp³-hybridized carbons (Fsp3) is 0.150. The van der Waals surface area contributed by atoms with Gasteiger partial charge in [-0.15, -0.1) is 11.3 Å². The molecule has 0 radical (unpaired) electrons. The van der Waals surface area contributed by atoms with Gasteiger partial charge in [0.2, 0.25) is 0 Å². The first-order valence-corrected chi connectivity index (χ1v) is 9.42. The lowest BCUT2D eigenvalue weighted by molar-refractivity contribution is -0.0493. The third kappa shape index (κ3) is 3.68. The summed E-state index contributed by atoms with van der Waals surface area (Å²) in [6.07, 6.45) is 1.54. The first-order valence-electron chi connectivity index (χ1n) is 8.61. The van der Waals surface area contributed by atoms with Gasteiger partial charge >= 0.3 is 6.61 Å². The second-order valence-corrected chi connectivity index (χ2v) is 7.17. The van der Waals surface area contributed by atoms with Crippen LogP contribution in [0.2, 0.25) is 0 Å². The smallest absolute Gasteiger partial charge is 0.387 e. The highest BCUT2D eigenvalue weighted by Crippen LogP contribution is 2.34. The van der Waals surface area contributed by atoms with Crippen molar-refractivity contribution >= 4 is 33.1 Å². The van der Waals surface area contributed by atoms with E-state index in [0.29, 0.717) is 21.3 Å². The van der Waals surface area contributed by atoms with E-state index in [0.717, 1.165) is 16.6 Å². The van der Waals surface area contributed by atoms with Gasteiger partial charge in [0, 0.05) is 5.39 Å². The number of para-hydroxylation sites is 2. The van der Waals surface area contributed by atoms with E-state index in [9.17, 15) is 13.6 Å². The van der Waals surface area contributed by atoms with E-state index in [1.54, 1.807) is 31.2 Å². The molecule has 3 aromatic heterocycles. The minimum absolute atomic E-state index is 0.106. The molecule has 148 valence electrons. The Balaban J connectivity index is 1.70. The summed E-state index contributed by atoms with van der Waals surface area (Å²) in [7, 11) is 0. The van der Waals surface area contributed by atoms with Crippen molar-refractivity contribution in [3.8, 4) is 17.3 Å². The normalized spacial score (nSPS) is 11.2. The maximum atomic E-state index is 12.9. The Morgan fingerprint density at radius 1 is 1.17 bits per heavy atom. The summed E-state index contributed by atoms with van der Waals surface area (Å²) in [5.41, 5.74) is 1.60. The molecule has 0 aliphatic heterocycles. The molecule has 4 aromatic rings. The largest absolute Gasteiger partial charge is 0.461 e. The number of thiophene rings is 1. The number of hydrogen-bond acceptors (Lipinski definition) is 6. The van der Waals surface area contributed by atoms with Crippen LogP contribution in [-0.2, 0) is 0 Å². The number of nitrogens with zero attached hydrogens (tertiary/aromatic N) is 2. The predicted molar refractivity (Wildman–Crippen MR) is 106 cm³/mol. The van der Waals surface area contributed by atoms with Gasteiger partial charge in [-0.25, -0.2) is 9.97 Å². The minimum Gasteiger partial charge on any atom is -0.461 e. The van der Waals surface area contributed by atoms with Crippen molar-refractivity contribution in [1.82, 2.24) is 9.97 Å². The van der Waals surface area contributed by atoms with E-state index >= 15 is 0 Å². The summed E-state index contributed by atoms with van der Waals surface area (Å²) in [5, 5.41) is 3.43. The van der Waals surface area contributed by atoms with Gasteiger partial charge in [-0.2, -0.15) is 8.78 Å². The molecule has 4 rings (SSSR count). The molecule has 1 N–H and O–H groups in total. The second kappa shape index (κ2) is 7.59. The van der Waals surface area contributed by atoms with E-state index in [-0.39, 0.29) is 11.4 Å². The summed E-state index contributed by atoms with van der Waals surface area (Å²) in [5.74, 6) is 0.425. The number of hydrogen-bond donors (Lipinski definition) is 1. The Hall–Kier alpha value is -3.33. The molecule has 1 aromatic carbocycles. The topological polar surface area (TPSA) is 77.2 Å². The number of carbonyl (C=O) groups is 1. The summed E-state index contributed by atoms with van der Waals surface area (Å²) >= 11 is 1.20. The SMILES string of the molecule is Cc1nc(-c2ccco2)nc2sc(C(=O)Nc3ccccc3OC(F)F)c(C)c12. The van der Waals surface area contributed by atoms with Gasteiger partial charge in [-0.3, -0.25) is 4.79 Å². The maximum absolute atomic E-state index is 12.9. The molecule has 0 fully saturated rings. The molecule has 9 heteroatoms. The number of halogens is 2. The van der Waals surface area contributed by atoms with Gasteiger partial charge in [0.05, 0.1) is 22.5 Å². The molecule has 6 nitrogen and oxygen atoms in total. The zero-order chi connectivity index (χ0) is 20.5. The van der Waals surface area contributed by atoms with Crippen molar-refractivity contribution in [1.29, 1.82) is 0 Å². The van der Waals surface area contributed by atoms with Crippen LogP contribution in [-0.4, -0.2) is 22.5 Å². The number of furan rings is 1. The van der Waals surface area contributed by atoms with Crippen molar-refractivity contribution in [2.24, 2.45) is 0 Å². The second-order valence-electron chi connectivity index (χ2n) is 6.18. The van der Waals surface area contributed by atoms with E-state index in [2.05, 4.69) is 20.0 Å². The average molecular weight is 415 g/mol. The van der Waals surface area contributed by atoms with Crippen LogP contribution in [0.15, 0.2) is 47.1 Å². The molecule has 1 amide bonds. The molecule has 0 spiro atoms. The van der Waals surface area contributed by atoms with Crippen LogP contribution in [0.4, 0.5) is 14.5 Å². The summed E-state index contributed by atoms with van der Waals surface area (Å²) in [6.45, 7) is 0.652. The van der Waals surface area contributed by atoms with Crippen molar-refractivity contribution in [2.45, 2.75) is 20.5 Å². The molecule has 0 bridgehead atoms. The van der Waals surface area contributed by atoms with Crippen LogP contribution in [0.3, 0.4) is 0 Å². The Labute approximate surface area is 168 Å². The van der Waals surface area contributed by atoms with Crippen molar-refractivity contribution < 1.29 is 22.7 Å². The van der Waals surface area contributed by atoms with E-state index in [4.69, 9.17) is 4.42 Å². The molecule has 0 saturated carbocycles. The summed E-state index contributed by atoms with van der Waals surface area (Å²) in [4.78, 5) is 22.9. The first kappa shape index (κ1) is 19.0. The summed E-state index contributed by atoms with van der Waals surface area (Å²) < 4.78 is 35.0. The summed E-state index contributed by atoms with van der Waals surface area (Å²) in [6, 6.07) is 9.54. The quantitative estimate of drug-likeness (QED) is 0.471. The fourth-order valence-electron chi connectivity index (χ4n) is 3.02. The Morgan fingerprint density at radius 3 is 2.69 bits per heavy atom. The Kier molecular flexibility index (Phi) is 4.98. The first-order chi connectivity index (χ1) is 13.9. The number of ether oxygens (including phenoxy) is 1. The van der Waals surface area contributed by atoms with Crippen LogP contribution < -0.4 is 10.1 Å². The van der Waals surface area contributed by atoms with Gasteiger partial charge in [0.1, 0.15) is 10.6 Å². The van der Waals surface area contributed by atoms with Crippen LogP contribution in [0, 0.1) is 13.8 Å². The predicted octanol–water partition coefficient (Wildman–Crippen LogP) is 5.42. The molecular formula is C20H15F2N3O3S. The fourth-order valence-corrected chi connectivity index (χ4v) is 4.15. The molecule has 0 aliphatic carbocycles. The third-order valence-corrected chi connectivity index (χ3v) is 5.45. The van der Waals surface area contributed by atoms with Crippen LogP contribution in [0.1, 0.15) is 20.9 Å². The van der Waals surface area contributed by atoms with Crippen molar-refractivity contribution in [3.63, 3.8) is 0 Å². The molecule has 29 heavy (non-hydrogen) atoms. The number of alkyl halides is 2. The van der Waals surface area contributed by atoms with Gasteiger partial charge in [-0.1, -0.05) is 12.1 Å². The highest BCUT2D eigenvalue weighted by molar-refractivity contribution is 7.20. The zero-order valence-corrected chi connectivity index (χ0v) is 16.2. The van der Waals surface area contributed by atoms with Gasteiger partial charge < -0.3 is 14.5 Å². The molecule has 3 heterocycles. The number of amides is 1. The average Bonchev–Trinajstić information content (AvgIpc) is 3.31. The number of aromatic nitrogens is 2. The number of rotatable bonds is 5. The molecular weight excluding hydrogens is 400 g/mol. The monoisotopic (exact) mass is 415 g/mol. The molecule has 0 aliphatic rings. The molecule has 0 saturated heterocycles. The Bertz CT molecular complexity index is 1190. The minimum atomic E-state index is -2.99. The standard InChI is InChI=1S/C20H15F2N3O3S/c1-10-15-11(2)23-17(14-8-5-9-27-14)25-19(15)29-16(10)18(26)24-12-6-3-4-7-13(12)28-20(21)22/h3-9,20H,1-2H3,(H,24,26). The maximum Gasteiger partial charge on any atom is 0.387 e. The number of anilines is 1. The van der Waals surface area contributed by atoms with E-state index < -0.39 is 12.5 Å². The highest BCUT2D eigenvalue weighted by atomic mass is 32.1. The zero-order valence-electron chi connectivity index (χ0n) is 15.4. The van der Waals surface area contributed by atoms with Crippen molar-refractivity contribution in [2.75, 3.05) is 5.32 Å². The van der Waals surface area contributed by atoms with E-state index in [1.165, 1.54) is 29.7 Å². The van der Waals surface area contributed by atoms with Crippen LogP contribution >= 0.6 is 11.3 Å². The lowest BCUT2D eigenvalue weighted by atomic mass is 10.1. The molecule has 0 atom stereocenters. The highest BCUT2D eigenvalue weighted by Gasteiger charge is 2.21. The van der Waals surface area contributed by atoms with Crippen LogP contribution in [0.5, 0.6) is 5.75 Å². The van der Waals surface area contributed by atoms with E-state index in [1.807, 2.05) is 6.92 Å². The number of benzene rings is 1. The van der Waals surface area contributed by atoms with Gasteiger partial charge in [0.15, 0.2) is 11.6 Å². The lowest BCUT2D eigenvalue weighted by Crippen LogP contribution is -2.13. The van der Waals surface area contributed by atoms with Gasteiger partial charge in [0.25, 0.3) is 5.91 Å². The van der Waals surface area contributed by atoms with Gasteiger partial charge in [-0.05, 0) is 43.7 Å². The lowest BCUT2D eigenvalue weighted by Gasteiger charge is -2.11. The van der Waals surface area contributed by atoms with Crippen LogP contribution in [0.25, 0.3) is 21.8 Å². The number of fused-ring (bicyclic) bond motifs is 1. The third-order valence-electron chi connectivity index (χ3n) is 4.27.